The van der Waals surface area contributed by atoms with Gasteiger partial charge < -0.3 is 14.9 Å². The van der Waals surface area contributed by atoms with Gasteiger partial charge in [-0.25, -0.2) is 4.79 Å². The number of cyclic esters (lactones) is 1. The number of rotatable bonds is 2. The van der Waals surface area contributed by atoms with E-state index in [9.17, 15) is 19.8 Å². The monoisotopic (exact) mass is 240 g/mol. The summed E-state index contributed by atoms with van der Waals surface area (Å²) >= 11 is 0. The van der Waals surface area contributed by atoms with Crippen LogP contribution >= 0.6 is 0 Å². The van der Waals surface area contributed by atoms with E-state index in [0.29, 0.717) is 18.4 Å². The van der Waals surface area contributed by atoms with Crippen LogP contribution in [0.2, 0.25) is 0 Å². The smallest absolute Gasteiger partial charge is 0.337 e. The van der Waals surface area contributed by atoms with Crippen LogP contribution in [-0.2, 0) is 14.3 Å². The lowest BCUT2D eigenvalue weighted by molar-refractivity contribution is -0.151. The van der Waals surface area contributed by atoms with E-state index in [0.717, 1.165) is 6.42 Å². The zero-order valence-electron chi connectivity index (χ0n) is 9.68. The van der Waals surface area contributed by atoms with Crippen molar-refractivity contribution in [3.05, 3.63) is 11.1 Å². The summed E-state index contributed by atoms with van der Waals surface area (Å²) in [7, 11) is 0. The molecule has 1 aliphatic carbocycles. The Kier molecular flexibility index (Phi) is 3.31. The van der Waals surface area contributed by atoms with Gasteiger partial charge in [-0.15, -0.1) is 0 Å². The molecular formula is C12H16O5. The molecule has 2 rings (SSSR count). The Morgan fingerprint density at radius 3 is 2.65 bits per heavy atom. The number of ketones is 1. The molecular weight excluding hydrogens is 224 g/mol. The number of carbonyl (C=O) groups excluding carboxylic acids is 2. The first kappa shape index (κ1) is 12.3. The molecule has 0 fully saturated rings. The van der Waals surface area contributed by atoms with Gasteiger partial charge in [0.2, 0.25) is 0 Å². The molecule has 0 saturated carbocycles. The van der Waals surface area contributed by atoms with Crippen LogP contribution in [0.1, 0.15) is 32.6 Å². The summed E-state index contributed by atoms with van der Waals surface area (Å²) in [6.45, 7) is 1.97. The minimum atomic E-state index is -1.29. The van der Waals surface area contributed by atoms with E-state index in [1.54, 1.807) is 0 Å². The number of aliphatic hydroxyl groups is 2. The van der Waals surface area contributed by atoms with E-state index in [2.05, 4.69) is 0 Å². The van der Waals surface area contributed by atoms with Crippen molar-refractivity contribution >= 4 is 11.8 Å². The van der Waals surface area contributed by atoms with Gasteiger partial charge in [0.05, 0.1) is 11.7 Å². The average molecular weight is 240 g/mol. The number of hydrogen-bond acceptors (Lipinski definition) is 5. The molecule has 0 unspecified atom stereocenters. The number of ether oxygens (including phenoxy) is 1. The van der Waals surface area contributed by atoms with Crippen LogP contribution in [0.5, 0.6) is 0 Å². The SMILES string of the molecule is CCC[C@@H]1CC2=C(C(=O)O1)[C@H](O)[C@H](O)CC2=O. The zero-order chi connectivity index (χ0) is 12.6. The molecule has 3 atom stereocenters. The fraction of sp³-hybridized carbons (Fsp3) is 0.667. The van der Waals surface area contributed by atoms with Crippen molar-refractivity contribution in [1.82, 2.24) is 0 Å². The van der Waals surface area contributed by atoms with E-state index in [1.165, 1.54) is 0 Å². The van der Waals surface area contributed by atoms with E-state index >= 15 is 0 Å². The Labute approximate surface area is 99.1 Å². The number of Topliss-reactive ketones (excluding diaryl/α,β-unsaturated/α-hetero) is 1. The maximum atomic E-state index is 11.7. The standard InChI is InChI=1S/C12H16O5/c1-2-3-6-4-7-8(13)5-9(14)11(15)10(7)12(16)17-6/h6,9,11,14-15H,2-5H2,1H3/t6-,9-,11-/m1/s1. The first-order valence-electron chi connectivity index (χ1n) is 5.88. The molecule has 1 aliphatic heterocycles. The van der Waals surface area contributed by atoms with E-state index < -0.39 is 18.2 Å². The van der Waals surface area contributed by atoms with Crippen molar-refractivity contribution in [3.63, 3.8) is 0 Å². The summed E-state index contributed by atoms with van der Waals surface area (Å²) in [6.07, 6.45) is -0.968. The third-order valence-electron chi connectivity index (χ3n) is 3.25. The molecule has 0 bridgehead atoms. The highest BCUT2D eigenvalue weighted by molar-refractivity contribution is 6.07. The number of aliphatic hydroxyl groups excluding tert-OH is 2. The number of esters is 1. The Balaban J connectivity index is 2.32. The predicted octanol–water partition coefficient (Wildman–Crippen LogP) is 0.0932. The van der Waals surface area contributed by atoms with Crippen LogP contribution in [0.15, 0.2) is 11.1 Å². The predicted molar refractivity (Wildman–Crippen MR) is 58.1 cm³/mol. The van der Waals surface area contributed by atoms with E-state index in [-0.39, 0.29) is 23.9 Å². The van der Waals surface area contributed by atoms with Gasteiger partial charge >= 0.3 is 5.97 Å². The van der Waals surface area contributed by atoms with Crippen molar-refractivity contribution in [2.24, 2.45) is 0 Å². The highest BCUT2D eigenvalue weighted by Gasteiger charge is 2.42. The summed E-state index contributed by atoms with van der Waals surface area (Å²) in [4.78, 5) is 23.5. The molecule has 0 aromatic rings. The van der Waals surface area contributed by atoms with Crippen LogP contribution < -0.4 is 0 Å². The fourth-order valence-corrected chi connectivity index (χ4v) is 2.38. The minimum Gasteiger partial charge on any atom is -0.459 e. The second-order valence-corrected chi connectivity index (χ2v) is 4.55. The Bertz CT molecular complexity index is 384. The maximum absolute atomic E-state index is 11.7. The Morgan fingerprint density at radius 1 is 1.29 bits per heavy atom. The second kappa shape index (κ2) is 4.58. The van der Waals surface area contributed by atoms with Gasteiger partial charge in [0, 0.05) is 18.4 Å². The molecule has 94 valence electrons. The van der Waals surface area contributed by atoms with Crippen molar-refractivity contribution in [2.75, 3.05) is 0 Å². The zero-order valence-corrected chi connectivity index (χ0v) is 9.68. The summed E-state index contributed by atoms with van der Waals surface area (Å²) in [5.74, 6) is -0.917. The van der Waals surface area contributed by atoms with Gasteiger partial charge in [-0.1, -0.05) is 13.3 Å². The van der Waals surface area contributed by atoms with Crippen LogP contribution in [0, 0.1) is 0 Å². The average Bonchev–Trinajstić information content (AvgIpc) is 2.26. The van der Waals surface area contributed by atoms with Crippen molar-refractivity contribution in [2.45, 2.75) is 50.9 Å². The fourth-order valence-electron chi connectivity index (χ4n) is 2.38. The van der Waals surface area contributed by atoms with Crippen LogP contribution in [0.3, 0.4) is 0 Å². The maximum Gasteiger partial charge on any atom is 0.337 e. The topological polar surface area (TPSA) is 83.8 Å². The third-order valence-corrected chi connectivity index (χ3v) is 3.25. The summed E-state index contributed by atoms with van der Waals surface area (Å²) < 4.78 is 5.14. The quantitative estimate of drug-likeness (QED) is 0.668. The van der Waals surface area contributed by atoms with Gasteiger partial charge in [0.25, 0.3) is 0 Å². The van der Waals surface area contributed by atoms with Crippen molar-refractivity contribution in [3.8, 4) is 0 Å². The van der Waals surface area contributed by atoms with Gasteiger partial charge in [-0.05, 0) is 6.42 Å². The molecule has 5 nitrogen and oxygen atoms in total. The van der Waals surface area contributed by atoms with E-state index in [1.807, 2.05) is 6.92 Å². The molecule has 0 radical (unpaired) electrons. The van der Waals surface area contributed by atoms with Gasteiger partial charge in [-0.3, -0.25) is 4.79 Å². The molecule has 5 heteroatoms. The summed E-state index contributed by atoms with van der Waals surface area (Å²) in [6, 6.07) is 0. The van der Waals surface area contributed by atoms with E-state index in [4.69, 9.17) is 4.74 Å². The van der Waals surface area contributed by atoms with Gasteiger partial charge in [0.1, 0.15) is 12.2 Å². The Morgan fingerprint density at radius 2 is 2.00 bits per heavy atom. The molecule has 17 heavy (non-hydrogen) atoms. The number of hydrogen-bond donors (Lipinski definition) is 2. The first-order valence-corrected chi connectivity index (χ1v) is 5.88. The molecule has 2 N–H and O–H groups in total. The molecule has 0 aromatic carbocycles. The second-order valence-electron chi connectivity index (χ2n) is 4.55. The van der Waals surface area contributed by atoms with Crippen LogP contribution in [-0.4, -0.2) is 40.3 Å². The van der Waals surface area contributed by atoms with Crippen molar-refractivity contribution < 1.29 is 24.5 Å². The summed E-state index contributed by atoms with van der Waals surface area (Å²) in [5.41, 5.74) is 0.304. The van der Waals surface area contributed by atoms with Crippen molar-refractivity contribution in [1.29, 1.82) is 0 Å². The molecule has 1 heterocycles. The Hall–Kier alpha value is -1.20. The highest BCUT2D eigenvalue weighted by Crippen LogP contribution is 2.32. The molecule has 0 aromatic heterocycles. The molecule has 0 amide bonds. The minimum absolute atomic E-state index is 0.0406. The molecule has 2 aliphatic rings. The summed E-state index contributed by atoms with van der Waals surface area (Å²) in [5, 5.41) is 19.2. The van der Waals surface area contributed by atoms with Crippen LogP contribution in [0.4, 0.5) is 0 Å². The van der Waals surface area contributed by atoms with Gasteiger partial charge in [-0.2, -0.15) is 0 Å². The van der Waals surface area contributed by atoms with Gasteiger partial charge in [0.15, 0.2) is 5.78 Å². The lowest BCUT2D eigenvalue weighted by atomic mass is 9.82. The highest BCUT2D eigenvalue weighted by atomic mass is 16.5. The lowest BCUT2D eigenvalue weighted by Gasteiger charge is -2.33. The lowest BCUT2D eigenvalue weighted by Crippen LogP contribution is -2.44. The largest absolute Gasteiger partial charge is 0.459 e. The van der Waals surface area contributed by atoms with Crippen LogP contribution in [0.25, 0.3) is 0 Å². The number of carbonyl (C=O) groups is 2. The first-order chi connectivity index (χ1) is 8.04. The molecule has 0 spiro atoms. The normalized spacial score (nSPS) is 33.5. The third kappa shape index (κ3) is 2.12. The molecule has 0 saturated heterocycles.